The van der Waals surface area contributed by atoms with Crippen molar-refractivity contribution in [3.05, 3.63) is 35.9 Å². The molecular formula is C10H14BNO3. The Bertz CT molecular complexity index is 305. The molecule has 0 radical (unpaired) electrons. The average Bonchev–Trinajstić information content (AvgIpc) is 2.25. The number of aliphatic carboxylic acids is 1. The fourth-order valence-electron chi connectivity index (χ4n) is 1.45. The minimum Gasteiger partial charge on any atom is -0.482 e. The fourth-order valence-corrected chi connectivity index (χ4v) is 1.45. The Labute approximate surface area is 89.1 Å². The predicted molar refractivity (Wildman–Crippen MR) is 58.5 cm³/mol. The monoisotopic (exact) mass is 207 g/mol. The van der Waals surface area contributed by atoms with E-state index in [1.165, 1.54) is 0 Å². The molecule has 1 atom stereocenters. The van der Waals surface area contributed by atoms with Crippen molar-refractivity contribution < 1.29 is 15.1 Å². The maximum Gasteiger partial charge on any atom is 0.299 e. The zero-order valence-corrected chi connectivity index (χ0v) is 8.39. The Hall–Kier alpha value is -1.33. The van der Waals surface area contributed by atoms with E-state index in [1.54, 1.807) is 0 Å². The van der Waals surface area contributed by atoms with Gasteiger partial charge in [-0.1, -0.05) is 30.3 Å². The van der Waals surface area contributed by atoms with Crippen LogP contribution in [0.1, 0.15) is 5.56 Å². The third-order valence-electron chi connectivity index (χ3n) is 2.28. The summed E-state index contributed by atoms with van der Waals surface area (Å²) in [5.41, 5.74) is 2.98. The molecule has 0 bridgehead atoms. The van der Waals surface area contributed by atoms with E-state index in [0.29, 0.717) is 20.1 Å². The second-order valence-electron chi connectivity index (χ2n) is 3.42. The fraction of sp³-hybridized carbons (Fsp3) is 0.300. The molecule has 1 aromatic carbocycles. The van der Waals surface area contributed by atoms with Crippen LogP contribution in [0.2, 0.25) is 5.82 Å². The van der Waals surface area contributed by atoms with Crippen molar-refractivity contribution in [1.29, 1.82) is 0 Å². The van der Waals surface area contributed by atoms with E-state index >= 15 is 0 Å². The van der Waals surface area contributed by atoms with Crippen molar-refractivity contribution in [3.8, 4) is 0 Å². The SMILES string of the molecule is O=C(O)C(BCNO)Cc1ccccc1. The molecule has 5 heteroatoms. The largest absolute Gasteiger partial charge is 0.482 e. The van der Waals surface area contributed by atoms with Crippen LogP contribution in [0.15, 0.2) is 30.3 Å². The topological polar surface area (TPSA) is 69.6 Å². The van der Waals surface area contributed by atoms with Gasteiger partial charge in [0.15, 0.2) is 7.28 Å². The Balaban J connectivity index is 2.55. The first kappa shape index (κ1) is 11.7. The molecule has 0 saturated carbocycles. The number of benzene rings is 1. The number of carboxylic acids is 1. The normalized spacial score (nSPS) is 12.1. The summed E-state index contributed by atoms with van der Waals surface area (Å²) in [5.74, 6) is -1.28. The minimum absolute atomic E-state index is 0.295. The summed E-state index contributed by atoms with van der Waals surface area (Å²) in [4.78, 5) is 10.9. The molecule has 0 spiro atoms. The van der Waals surface area contributed by atoms with Gasteiger partial charge in [-0.25, -0.2) is 5.48 Å². The number of rotatable bonds is 6. The van der Waals surface area contributed by atoms with Crippen LogP contribution in [-0.4, -0.2) is 30.0 Å². The van der Waals surface area contributed by atoms with Gasteiger partial charge >= 0.3 is 0 Å². The molecule has 0 fully saturated rings. The summed E-state index contributed by atoms with van der Waals surface area (Å²) < 4.78 is 0. The first-order chi connectivity index (χ1) is 7.24. The Morgan fingerprint density at radius 1 is 1.40 bits per heavy atom. The zero-order chi connectivity index (χ0) is 11.1. The minimum atomic E-state index is -0.825. The number of carboxylic acid groups (broad SMARTS) is 1. The van der Waals surface area contributed by atoms with E-state index in [1.807, 2.05) is 35.8 Å². The van der Waals surface area contributed by atoms with Gasteiger partial charge in [0.2, 0.25) is 0 Å². The summed E-state index contributed by atoms with van der Waals surface area (Å²) in [6.07, 6.45) is 0.793. The number of hydrogen-bond donors (Lipinski definition) is 3. The Kier molecular flexibility index (Phi) is 4.87. The molecule has 1 aromatic rings. The second kappa shape index (κ2) is 6.21. The molecule has 15 heavy (non-hydrogen) atoms. The molecular weight excluding hydrogens is 193 g/mol. The van der Waals surface area contributed by atoms with E-state index in [9.17, 15) is 4.79 Å². The Morgan fingerprint density at radius 2 is 2.07 bits per heavy atom. The molecule has 0 amide bonds. The molecule has 80 valence electrons. The highest BCUT2D eigenvalue weighted by Crippen LogP contribution is 2.12. The van der Waals surface area contributed by atoms with Crippen molar-refractivity contribution in [2.75, 3.05) is 6.44 Å². The first-order valence-electron chi connectivity index (χ1n) is 4.87. The number of hydroxylamine groups is 1. The van der Waals surface area contributed by atoms with Gasteiger partial charge in [-0.2, -0.15) is 0 Å². The van der Waals surface area contributed by atoms with Gasteiger partial charge in [0.1, 0.15) is 0 Å². The Morgan fingerprint density at radius 3 is 2.60 bits per heavy atom. The lowest BCUT2D eigenvalue weighted by Gasteiger charge is -2.10. The molecule has 0 aliphatic carbocycles. The van der Waals surface area contributed by atoms with E-state index in [2.05, 4.69) is 0 Å². The number of nitrogens with one attached hydrogen (secondary N) is 1. The van der Waals surface area contributed by atoms with E-state index < -0.39 is 11.8 Å². The molecule has 0 aromatic heterocycles. The van der Waals surface area contributed by atoms with Gasteiger partial charge in [-0.15, -0.1) is 0 Å². The summed E-state index contributed by atoms with van der Waals surface area (Å²) in [5, 5.41) is 17.4. The molecule has 4 nitrogen and oxygen atoms in total. The molecule has 0 aliphatic rings. The average molecular weight is 207 g/mol. The number of carbonyl (C=O) groups is 1. The van der Waals surface area contributed by atoms with Crippen LogP contribution in [0.5, 0.6) is 0 Å². The van der Waals surface area contributed by atoms with Gasteiger partial charge in [-0.05, 0) is 18.4 Å². The molecule has 0 aliphatic heterocycles. The lowest BCUT2D eigenvalue weighted by Crippen LogP contribution is -2.25. The number of hydrogen-bond acceptors (Lipinski definition) is 3. The maximum absolute atomic E-state index is 10.9. The smallest absolute Gasteiger partial charge is 0.299 e. The van der Waals surface area contributed by atoms with Crippen molar-refractivity contribution >= 4 is 13.2 Å². The molecule has 3 N–H and O–H groups in total. The highest BCUT2D eigenvalue weighted by molar-refractivity contribution is 6.43. The third-order valence-corrected chi connectivity index (χ3v) is 2.28. The quantitative estimate of drug-likeness (QED) is 0.468. The summed E-state index contributed by atoms with van der Waals surface area (Å²) in [7, 11) is 0.417. The van der Waals surface area contributed by atoms with Crippen LogP contribution in [0.4, 0.5) is 0 Å². The van der Waals surface area contributed by atoms with Crippen LogP contribution in [0.25, 0.3) is 0 Å². The highest BCUT2D eigenvalue weighted by Gasteiger charge is 2.18. The summed E-state index contributed by atoms with van der Waals surface area (Å²) in [6, 6.07) is 9.48. The standard InChI is InChI=1S/C10H14BNO3/c13-10(14)9(11-7-12-15)6-8-4-2-1-3-5-8/h1-5,9,11-12,15H,6-7H2,(H,13,14). The van der Waals surface area contributed by atoms with Gasteiger partial charge in [0.25, 0.3) is 5.97 Å². The molecule has 0 heterocycles. The van der Waals surface area contributed by atoms with E-state index in [-0.39, 0.29) is 0 Å². The molecule has 0 saturated heterocycles. The van der Waals surface area contributed by atoms with Crippen LogP contribution in [0.3, 0.4) is 0 Å². The molecule has 1 rings (SSSR count). The van der Waals surface area contributed by atoms with Crippen LogP contribution >= 0.6 is 0 Å². The summed E-state index contributed by atoms with van der Waals surface area (Å²) in [6.45, 7) is 0. The van der Waals surface area contributed by atoms with Crippen LogP contribution in [0, 0.1) is 0 Å². The van der Waals surface area contributed by atoms with Crippen molar-refractivity contribution in [2.24, 2.45) is 0 Å². The van der Waals surface area contributed by atoms with Gasteiger partial charge < -0.3 is 10.3 Å². The zero-order valence-electron chi connectivity index (χ0n) is 8.39. The van der Waals surface area contributed by atoms with E-state index in [0.717, 1.165) is 5.56 Å². The van der Waals surface area contributed by atoms with Crippen molar-refractivity contribution in [1.82, 2.24) is 5.48 Å². The molecule has 1 unspecified atom stereocenters. The maximum atomic E-state index is 10.9. The lowest BCUT2D eigenvalue weighted by molar-refractivity contribution is -0.136. The first-order valence-corrected chi connectivity index (χ1v) is 4.87. The lowest BCUT2D eigenvalue weighted by atomic mass is 9.62. The van der Waals surface area contributed by atoms with E-state index in [4.69, 9.17) is 10.3 Å². The van der Waals surface area contributed by atoms with Gasteiger partial charge in [-0.3, -0.25) is 4.79 Å². The van der Waals surface area contributed by atoms with Crippen molar-refractivity contribution in [2.45, 2.75) is 12.2 Å². The van der Waals surface area contributed by atoms with Crippen LogP contribution in [-0.2, 0) is 11.2 Å². The van der Waals surface area contributed by atoms with Gasteiger partial charge in [0.05, 0.1) is 0 Å². The predicted octanol–water partition coefficient (Wildman–Crippen LogP) is 0.475. The highest BCUT2D eigenvalue weighted by atomic mass is 16.5. The van der Waals surface area contributed by atoms with Crippen LogP contribution < -0.4 is 5.48 Å². The van der Waals surface area contributed by atoms with Crippen molar-refractivity contribution in [3.63, 3.8) is 0 Å². The third kappa shape index (κ3) is 4.14. The summed E-state index contributed by atoms with van der Waals surface area (Å²) >= 11 is 0. The van der Waals surface area contributed by atoms with Gasteiger partial charge in [0, 0.05) is 5.82 Å². The second-order valence-corrected chi connectivity index (χ2v) is 3.42.